The fraction of sp³-hybridized carbons (Fsp3) is 0.833. The molecule has 1 atom stereocenters. The molecule has 2 nitrogen and oxygen atoms in total. The number of allylic oxidation sites excluding steroid dienone is 1. The van der Waals surface area contributed by atoms with Crippen molar-refractivity contribution in [3.8, 4) is 0 Å². The van der Waals surface area contributed by atoms with E-state index in [1.807, 2.05) is 19.1 Å². The van der Waals surface area contributed by atoms with Crippen LogP contribution in [0.1, 0.15) is 52.4 Å². The van der Waals surface area contributed by atoms with Gasteiger partial charge in [0.05, 0.1) is 11.2 Å². The summed E-state index contributed by atoms with van der Waals surface area (Å²) >= 11 is 0. The van der Waals surface area contributed by atoms with Crippen LogP contribution in [-0.4, -0.2) is 21.4 Å². The van der Waals surface area contributed by atoms with Gasteiger partial charge in [0.2, 0.25) is 0 Å². The zero-order chi connectivity index (χ0) is 10.7. The zero-order valence-electron chi connectivity index (χ0n) is 9.29. The van der Waals surface area contributed by atoms with Gasteiger partial charge in [-0.3, -0.25) is 0 Å². The molecule has 1 fully saturated rings. The van der Waals surface area contributed by atoms with Gasteiger partial charge in [-0.15, -0.1) is 0 Å². The fourth-order valence-electron chi connectivity index (χ4n) is 2.31. The molecule has 0 radical (unpaired) electrons. The molecule has 0 aromatic rings. The summed E-state index contributed by atoms with van der Waals surface area (Å²) in [6.07, 6.45) is 9.01. The van der Waals surface area contributed by atoms with Gasteiger partial charge in [0.25, 0.3) is 0 Å². The lowest BCUT2D eigenvalue weighted by atomic mass is 9.86. The molecule has 1 saturated carbocycles. The van der Waals surface area contributed by atoms with Crippen LogP contribution in [0.5, 0.6) is 0 Å². The Labute approximate surface area is 86.6 Å². The first-order valence-corrected chi connectivity index (χ1v) is 5.60. The molecule has 82 valence electrons. The van der Waals surface area contributed by atoms with E-state index in [-0.39, 0.29) is 0 Å². The van der Waals surface area contributed by atoms with Crippen molar-refractivity contribution < 1.29 is 10.2 Å². The van der Waals surface area contributed by atoms with E-state index < -0.39 is 11.2 Å². The molecule has 1 aliphatic rings. The number of hydrogen-bond acceptors (Lipinski definition) is 2. The Kier molecular flexibility index (Phi) is 3.73. The molecule has 0 aromatic carbocycles. The molecule has 0 aromatic heterocycles. The van der Waals surface area contributed by atoms with Gasteiger partial charge in [0, 0.05) is 6.42 Å². The van der Waals surface area contributed by atoms with Crippen molar-refractivity contribution >= 4 is 0 Å². The summed E-state index contributed by atoms with van der Waals surface area (Å²) in [5, 5.41) is 20.2. The third kappa shape index (κ3) is 3.43. The number of aliphatic hydroxyl groups is 2. The fourth-order valence-corrected chi connectivity index (χ4v) is 2.31. The van der Waals surface area contributed by atoms with E-state index in [0.29, 0.717) is 6.42 Å². The van der Waals surface area contributed by atoms with E-state index in [0.717, 1.165) is 32.1 Å². The second-order valence-corrected chi connectivity index (χ2v) is 4.78. The van der Waals surface area contributed by atoms with Gasteiger partial charge in [-0.1, -0.05) is 31.9 Å². The van der Waals surface area contributed by atoms with Gasteiger partial charge in [-0.05, 0) is 26.2 Å². The van der Waals surface area contributed by atoms with Crippen molar-refractivity contribution in [2.24, 2.45) is 0 Å². The topological polar surface area (TPSA) is 40.5 Å². The van der Waals surface area contributed by atoms with Crippen molar-refractivity contribution in [3.05, 3.63) is 12.2 Å². The van der Waals surface area contributed by atoms with Crippen LogP contribution in [0.4, 0.5) is 0 Å². The summed E-state index contributed by atoms with van der Waals surface area (Å²) in [5.74, 6) is 0. The highest BCUT2D eigenvalue weighted by Crippen LogP contribution is 2.36. The molecular weight excluding hydrogens is 176 g/mol. The summed E-state index contributed by atoms with van der Waals surface area (Å²) in [7, 11) is 0. The molecule has 0 bridgehead atoms. The second-order valence-electron chi connectivity index (χ2n) is 4.78. The van der Waals surface area contributed by atoms with E-state index in [1.54, 1.807) is 6.92 Å². The van der Waals surface area contributed by atoms with E-state index in [4.69, 9.17) is 0 Å². The molecule has 1 aliphatic carbocycles. The lowest BCUT2D eigenvalue weighted by molar-refractivity contribution is -0.0288. The minimum absolute atomic E-state index is 0.469. The maximum Gasteiger partial charge on any atom is 0.0827 e. The van der Waals surface area contributed by atoms with Crippen LogP contribution in [0.2, 0.25) is 0 Å². The molecule has 0 saturated heterocycles. The van der Waals surface area contributed by atoms with Crippen molar-refractivity contribution in [2.45, 2.75) is 63.6 Å². The standard InChI is InChI=1S/C12H22O2/c1-3-4-7-11(2,13)10-12(14)8-5-6-9-12/h4,7,13-14H,3,5-6,8-10H2,1-2H3. The van der Waals surface area contributed by atoms with Crippen LogP contribution < -0.4 is 0 Å². The average molecular weight is 198 g/mol. The first kappa shape index (κ1) is 11.7. The van der Waals surface area contributed by atoms with Gasteiger partial charge in [0.1, 0.15) is 0 Å². The lowest BCUT2D eigenvalue weighted by Crippen LogP contribution is -2.36. The van der Waals surface area contributed by atoms with Gasteiger partial charge in [-0.25, -0.2) is 0 Å². The van der Waals surface area contributed by atoms with Crippen molar-refractivity contribution in [3.63, 3.8) is 0 Å². The Morgan fingerprint density at radius 3 is 2.43 bits per heavy atom. The maximum absolute atomic E-state index is 10.1. The minimum Gasteiger partial charge on any atom is -0.390 e. The average Bonchev–Trinajstić information content (AvgIpc) is 2.47. The molecule has 2 N–H and O–H groups in total. The van der Waals surface area contributed by atoms with Gasteiger partial charge in [-0.2, -0.15) is 0 Å². The Morgan fingerprint density at radius 1 is 1.36 bits per heavy atom. The Hall–Kier alpha value is -0.340. The van der Waals surface area contributed by atoms with E-state index in [9.17, 15) is 10.2 Å². The molecule has 14 heavy (non-hydrogen) atoms. The van der Waals surface area contributed by atoms with Crippen molar-refractivity contribution in [2.75, 3.05) is 0 Å². The first-order chi connectivity index (χ1) is 6.47. The second kappa shape index (κ2) is 4.45. The molecule has 2 heteroatoms. The van der Waals surface area contributed by atoms with Crippen molar-refractivity contribution in [1.82, 2.24) is 0 Å². The number of rotatable bonds is 4. The van der Waals surface area contributed by atoms with Crippen LogP contribution >= 0.6 is 0 Å². The third-order valence-electron chi connectivity index (χ3n) is 2.93. The highest BCUT2D eigenvalue weighted by molar-refractivity contribution is 5.03. The van der Waals surface area contributed by atoms with Gasteiger partial charge in [0.15, 0.2) is 0 Å². The molecule has 1 unspecified atom stereocenters. The van der Waals surface area contributed by atoms with Gasteiger partial charge < -0.3 is 10.2 Å². The minimum atomic E-state index is -0.852. The largest absolute Gasteiger partial charge is 0.390 e. The van der Waals surface area contributed by atoms with E-state index in [2.05, 4.69) is 0 Å². The smallest absolute Gasteiger partial charge is 0.0827 e. The van der Waals surface area contributed by atoms with Gasteiger partial charge >= 0.3 is 0 Å². The first-order valence-electron chi connectivity index (χ1n) is 5.60. The van der Waals surface area contributed by atoms with Crippen LogP contribution in [0, 0.1) is 0 Å². The summed E-state index contributed by atoms with van der Waals surface area (Å²) in [4.78, 5) is 0. The highest BCUT2D eigenvalue weighted by atomic mass is 16.3. The van der Waals surface area contributed by atoms with Crippen LogP contribution in [-0.2, 0) is 0 Å². The van der Waals surface area contributed by atoms with Crippen molar-refractivity contribution in [1.29, 1.82) is 0 Å². The summed E-state index contributed by atoms with van der Waals surface area (Å²) in [6.45, 7) is 3.81. The highest BCUT2D eigenvalue weighted by Gasteiger charge is 2.36. The third-order valence-corrected chi connectivity index (χ3v) is 2.93. The maximum atomic E-state index is 10.1. The predicted octanol–water partition coefficient (Wildman–Crippen LogP) is 2.40. The van der Waals surface area contributed by atoms with Crippen LogP contribution in [0.25, 0.3) is 0 Å². The predicted molar refractivity (Wildman–Crippen MR) is 58.1 cm³/mol. The SMILES string of the molecule is CCC=CC(C)(O)CC1(O)CCCC1. The molecule has 0 aliphatic heterocycles. The molecule has 0 heterocycles. The number of hydrogen-bond donors (Lipinski definition) is 2. The Balaban J connectivity index is 2.52. The Morgan fingerprint density at radius 2 is 1.93 bits per heavy atom. The van der Waals surface area contributed by atoms with E-state index in [1.165, 1.54) is 0 Å². The van der Waals surface area contributed by atoms with Crippen LogP contribution in [0.15, 0.2) is 12.2 Å². The molecule has 1 rings (SSSR count). The Bertz CT molecular complexity index is 200. The molecule has 0 spiro atoms. The zero-order valence-corrected chi connectivity index (χ0v) is 9.29. The molecule has 0 amide bonds. The summed E-state index contributed by atoms with van der Waals surface area (Å²) in [6, 6.07) is 0. The van der Waals surface area contributed by atoms with E-state index >= 15 is 0 Å². The van der Waals surface area contributed by atoms with Crippen LogP contribution in [0.3, 0.4) is 0 Å². The lowest BCUT2D eigenvalue weighted by Gasteiger charge is -2.30. The monoisotopic (exact) mass is 198 g/mol. The summed E-state index contributed by atoms with van der Waals surface area (Å²) < 4.78 is 0. The summed E-state index contributed by atoms with van der Waals surface area (Å²) in [5.41, 5.74) is -1.48. The quantitative estimate of drug-likeness (QED) is 0.681. The normalized spacial score (nSPS) is 25.4. The molecular formula is C12H22O2.